The Morgan fingerprint density at radius 2 is 2.00 bits per heavy atom. The lowest BCUT2D eigenvalue weighted by Crippen LogP contribution is -2.13. The molecule has 3 rings (SSSR count). The minimum Gasteiger partial charge on any atom is -0.474 e. The number of benzene rings is 1. The molecule has 0 saturated heterocycles. The number of anilines is 1. The second-order valence-corrected chi connectivity index (χ2v) is 7.76. The van der Waals surface area contributed by atoms with Crippen LogP contribution in [0.15, 0.2) is 66.0 Å². The Bertz CT molecular complexity index is 934. The minimum atomic E-state index is -0.277. The van der Waals surface area contributed by atoms with Crippen LogP contribution in [0.2, 0.25) is 5.02 Å². The largest absolute Gasteiger partial charge is 0.474 e. The van der Waals surface area contributed by atoms with Gasteiger partial charge in [0.05, 0.1) is 11.7 Å². The molecule has 0 spiro atoms. The topological polar surface area (TPSA) is 64.1 Å². The molecule has 0 atom stereocenters. The summed E-state index contributed by atoms with van der Waals surface area (Å²) in [5, 5.41) is 3.16. The number of halogens is 1. The van der Waals surface area contributed by atoms with E-state index in [4.69, 9.17) is 16.3 Å². The van der Waals surface area contributed by atoms with Crippen molar-refractivity contribution in [3.05, 3.63) is 77.2 Å². The maximum Gasteiger partial charge on any atom is 0.257 e. The Kier molecular flexibility index (Phi) is 6.90. The zero-order valence-electron chi connectivity index (χ0n) is 15.6. The summed E-state index contributed by atoms with van der Waals surface area (Å²) in [4.78, 5) is 21.8. The Morgan fingerprint density at radius 1 is 1.21 bits per heavy atom. The number of rotatable bonds is 7. The van der Waals surface area contributed by atoms with Crippen LogP contribution in [0.1, 0.15) is 29.8 Å². The normalized spacial score (nSPS) is 10.7. The second-order valence-electron chi connectivity index (χ2n) is 6.31. The molecule has 144 valence electrons. The van der Waals surface area contributed by atoms with E-state index in [1.54, 1.807) is 24.0 Å². The molecular weight excluding hydrogens is 394 g/mol. The molecule has 1 N–H and O–H groups in total. The SMILES string of the molecule is CC(C)Oc1ncc(C(=O)Nc2ccc(SCc3cccnc3)cc2)cc1Cl. The third-order valence-corrected chi connectivity index (χ3v) is 5.01. The number of ether oxygens (including phenoxy) is 1. The first-order valence-electron chi connectivity index (χ1n) is 8.76. The molecule has 0 fully saturated rings. The van der Waals surface area contributed by atoms with Gasteiger partial charge in [-0.2, -0.15) is 0 Å². The monoisotopic (exact) mass is 413 g/mol. The van der Waals surface area contributed by atoms with E-state index in [1.807, 2.05) is 56.4 Å². The molecule has 7 heteroatoms. The third-order valence-electron chi connectivity index (χ3n) is 3.66. The van der Waals surface area contributed by atoms with Crippen LogP contribution in [0.4, 0.5) is 5.69 Å². The smallest absolute Gasteiger partial charge is 0.257 e. The van der Waals surface area contributed by atoms with E-state index in [0.29, 0.717) is 22.2 Å². The van der Waals surface area contributed by atoms with Gasteiger partial charge in [-0.3, -0.25) is 9.78 Å². The van der Waals surface area contributed by atoms with Crippen LogP contribution in [-0.4, -0.2) is 22.0 Å². The highest BCUT2D eigenvalue weighted by Gasteiger charge is 2.12. The molecule has 0 aliphatic heterocycles. The summed E-state index contributed by atoms with van der Waals surface area (Å²) < 4.78 is 5.49. The highest BCUT2D eigenvalue weighted by atomic mass is 35.5. The van der Waals surface area contributed by atoms with Crippen LogP contribution in [-0.2, 0) is 5.75 Å². The number of amides is 1. The molecule has 28 heavy (non-hydrogen) atoms. The first-order chi connectivity index (χ1) is 13.5. The number of hydrogen-bond acceptors (Lipinski definition) is 5. The van der Waals surface area contributed by atoms with Gasteiger partial charge in [-0.15, -0.1) is 11.8 Å². The lowest BCUT2D eigenvalue weighted by molar-refractivity contribution is 0.102. The van der Waals surface area contributed by atoms with E-state index in [9.17, 15) is 4.79 Å². The Morgan fingerprint density at radius 3 is 2.64 bits per heavy atom. The van der Waals surface area contributed by atoms with E-state index in [1.165, 1.54) is 11.8 Å². The van der Waals surface area contributed by atoms with E-state index in [0.717, 1.165) is 10.6 Å². The van der Waals surface area contributed by atoms with Gasteiger partial charge in [0.25, 0.3) is 5.91 Å². The van der Waals surface area contributed by atoms with Gasteiger partial charge in [0, 0.05) is 34.9 Å². The maximum absolute atomic E-state index is 12.4. The molecular formula is C21H20ClN3O2S. The molecule has 3 aromatic rings. The van der Waals surface area contributed by atoms with Crippen LogP contribution < -0.4 is 10.1 Å². The van der Waals surface area contributed by atoms with Gasteiger partial charge in [-0.05, 0) is 55.8 Å². The van der Waals surface area contributed by atoms with Gasteiger partial charge < -0.3 is 10.1 Å². The predicted molar refractivity (Wildman–Crippen MR) is 113 cm³/mol. The highest BCUT2D eigenvalue weighted by Crippen LogP contribution is 2.25. The fourth-order valence-corrected chi connectivity index (χ4v) is 3.39. The Balaban J connectivity index is 1.59. The van der Waals surface area contributed by atoms with E-state index in [-0.39, 0.29) is 12.0 Å². The van der Waals surface area contributed by atoms with Crippen molar-refractivity contribution in [1.29, 1.82) is 0 Å². The van der Waals surface area contributed by atoms with E-state index < -0.39 is 0 Å². The van der Waals surface area contributed by atoms with Crippen molar-refractivity contribution >= 4 is 35.0 Å². The Hall–Kier alpha value is -2.57. The number of carbonyl (C=O) groups excluding carboxylic acids is 1. The number of nitrogens with one attached hydrogen (secondary N) is 1. The van der Waals surface area contributed by atoms with Crippen LogP contribution in [0.3, 0.4) is 0 Å². The Labute approximate surface area is 173 Å². The fourth-order valence-electron chi connectivity index (χ4n) is 2.35. The summed E-state index contributed by atoms with van der Waals surface area (Å²) in [5.41, 5.74) is 2.24. The highest BCUT2D eigenvalue weighted by molar-refractivity contribution is 7.98. The molecule has 1 aromatic carbocycles. The van der Waals surface area contributed by atoms with Crippen LogP contribution in [0, 0.1) is 0 Å². The van der Waals surface area contributed by atoms with Gasteiger partial charge >= 0.3 is 0 Å². The zero-order chi connectivity index (χ0) is 19.9. The average Bonchev–Trinajstić information content (AvgIpc) is 2.69. The van der Waals surface area contributed by atoms with Gasteiger partial charge in [-0.1, -0.05) is 17.7 Å². The van der Waals surface area contributed by atoms with Crippen molar-refractivity contribution in [2.24, 2.45) is 0 Å². The van der Waals surface area contributed by atoms with Crippen LogP contribution in [0.25, 0.3) is 0 Å². The number of carbonyl (C=O) groups is 1. The van der Waals surface area contributed by atoms with Gasteiger partial charge in [-0.25, -0.2) is 4.98 Å². The molecule has 0 radical (unpaired) electrons. The number of nitrogens with zero attached hydrogens (tertiary/aromatic N) is 2. The number of aromatic nitrogens is 2. The van der Waals surface area contributed by atoms with Crippen molar-refractivity contribution in [2.75, 3.05) is 5.32 Å². The van der Waals surface area contributed by atoms with Crippen molar-refractivity contribution in [1.82, 2.24) is 9.97 Å². The minimum absolute atomic E-state index is 0.0424. The first kappa shape index (κ1) is 20.2. The lowest BCUT2D eigenvalue weighted by Gasteiger charge is -2.11. The molecule has 0 aliphatic carbocycles. The number of hydrogen-bond donors (Lipinski definition) is 1. The van der Waals surface area contributed by atoms with E-state index in [2.05, 4.69) is 15.3 Å². The lowest BCUT2D eigenvalue weighted by atomic mass is 10.2. The molecule has 5 nitrogen and oxygen atoms in total. The van der Waals surface area contributed by atoms with Gasteiger partial charge in [0.2, 0.25) is 5.88 Å². The van der Waals surface area contributed by atoms with Crippen molar-refractivity contribution in [2.45, 2.75) is 30.6 Å². The molecule has 2 aromatic heterocycles. The summed E-state index contributed by atoms with van der Waals surface area (Å²) in [5.74, 6) is 0.888. The molecule has 1 amide bonds. The third kappa shape index (κ3) is 5.71. The summed E-state index contributed by atoms with van der Waals surface area (Å²) in [6.45, 7) is 3.77. The summed E-state index contributed by atoms with van der Waals surface area (Å²) >= 11 is 7.86. The van der Waals surface area contributed by atoms with Crippen molar-refractivity contribution < 1.29 is 9.53 Å². The predicted octanol–water partition coefficient (Wildman–Crippen LogP) is 5.46. The van der Waals surface area contributed by atoms with Crippen molar-refractivity contribution in [3.8, 4) is 5.88 Å². The van der Waals surface area contributed by atoms with Gasteiger partial charge in [0.1, 0.15) is 5.02 Å². The first-order valence-corrected chi connectivity index (χ1v) is 10.1. The molecule has 0 aliphatic rings. The standard InChI is InChI=1S/C21H20ClN3O2S/c1-14(2)27-21-19(22)10-16(12-24-21)20(26)25-17-5-7-18(8-6-17)28-13-15-4-3-9-23-11-15/h3-12,14H,13H2,1-2H3,(H,25,26). The van der Waals surface area contributed by atoms with Crippen molar-refractivity contribution in [3.63, 3.8) is 0 Å². The molecule has 0 bridgehead atoms. The van der Waals surface area contributed by atoms with Crippen LogP contribution in [0.5, 0.6) is 5.88 Å². The molecule has 2 heterocycles. The molecule has 0 saturated carbocycles. The average molecular weight is 414 g/mol. The zero-order valence-corrected chi connectivity index (χ0v) is 17.1. The van der Waals surface area contributed by atoms with Gasteiger partial charge in [0.15, 0.2) is 0 Å². The summed E-state index contributed by atoms with van der Waals surface area (Å²) in [7, 11) is 0. The second kappa shape index (κ2) is 9.57. The number of thioether (sulfide) groups is 1. The number of pyridine rings is 2. The maximum atomic E-state index is 12.4. The quantitative estimate of drug-likeness (QED) is 0.521. The fraction of sp³-hybridized carbons (Fsp3) is 0.190. The summed E-state index contributed by atoms with van der Waals surface area (Å²) in [6, 6.07) is 13.2. The molecule has 0 unspecified atom stereocenters. The summed E-state index contributed by atoms with van der Waals surface area (Å²) in [6.07, 6.45) is 5.04. The van der Waals surface area contributed by atoms with E-state index >= 15 is 0 Å². The van der Waals surface area contributed by atoms with Crippen LogP contribution >= 0.6 is 23.4 Å².